The third kappa shape index (κ3) is 16.5. The Morgan fingerprint density at radius 1 is 0.776 bits per heavy atom. The summed E-state index contributed by atoms with van der Waals surface area (Å²) in [4.78, 5) is 67.5. The van der Waals surface area contributed by atoms with E-state index in [0.717, 1.165) is 43.4 Å². The number of amides is 4. The van der Waals surface area contributed by atoms with E-state index in [9.17, 15) is 59.7 Å². The van der Waals surface area contributed by atoms with Crippen LogP contribution < -0.4 is 16.0 Å². The SMILES string of the molecule is CCC(C)CC(C)CCCCCCCCC(=O)N[C@@H](C[C@@H](O)[C@H](C)O)C(=O)N[C@H](C(=O)N1C[C@H](O)C[C@H]1C(=O)N[C@H](C(C)=O)[C@H](O)[C@@H](O)c1ccc(O)cc1)[C@@H](C)O. The first-order valence-electron chi connectivity index (χ1n) is 20.8. The number of nitrogens with one attached hydrogen (secondary N) is 3. The number of rotatable bonds is 26. The minimum atomic E-state index is -1.85. The lowest BCUT2D eigenvalue weighted by atomic mass is 9.91. The van der Waals surface area contributed by atoms with Crippen molar-refractivity contribution in [2.45, 2.75) is 179 Å². The molecule has 0 spiro atoms. The predicted octanol–water partition coefficient (Wildman–Crippen LogP) is 1.50. The Morgan fingerprint density at radius 3 is 1.95 bits per heavy atom. The molecule has 0 aliphatic carbocycles. The van der Waals surface area contributed by atoms with Crippen LogP contribution in [0.25, 0.3) is 0 Å². The van der Waals surface area contributed by atoms with Crippen molar-refractivity contribution in [3.8, 4) is 5.75 Å². The number of Topliss-reactive ketones (excluding diaryl/α,β-unsaturated/α-hetero) is 1. The monoisotopic (exact) mass is 822 g/mol. The molecule has 58 heavy (non-hydrogen) atoms. The zero-order valence-electron chi connectivity index (χ0n) is 35.0. The first-order chi connectivity index (χ1) is 27.3. The van der Waals surface area contributed by atoms with E-state index in [4.69, 9.17) is 0 Å². The van der Waals surface area contributed by atoms with Gasteiger partial charge in [0.2, 0.25) is 23.6 Å². The highest BCUT2D eigenvalue weighted by Gasteiger charge is 2.45. The Balaban J connectivity index is 2.07. The van der Waals surface area contributed by atoms with E-state index in [0.29, 0.717) is 12.3 Å². The summed E-state index contributed by atoms with van der Waals surface area (Å²) >= 11 is 0. The average Bonchev–Trinajstić information content (AvgIpc) is 3.57. The fourth-order valence-corrected chi connectivity index (χ4v) is 7.25. The van der Waals surface area contributed by atoms with E-state index in [1.165, 1.54) is 63.8 Å². The highest BCUT2D eigenvalue weighted by atomic mass is 16.3. The number of benzene rings is 1. The summed E-state index contributed by atoms with van der Waals surface area (Å²) < 4.78 is 0. The van der Waals surface area contributed by atoms with Crippen LogP contribution in [0.5, 0.6) is 5.75 Å². The summed E-state index contributed by atoms with van der Waals surface area (Å²) in [5.74, 6) is -2.76. The number of unbranched alkanes of at least 4 members (excludes halogenated alkanes) is 5. The predicted molar refractivity (Wildman–Crippen MR) is 216 cm³/mol. The van der Waals surface area contributed by atoms with Crippen LogP contribution in [0.2, 0.25) is 0 Å². The van der Waals surface area contributed by atoms with Crippen molar-refractivity contribution in [3.63, 3.8) is 0 Å². The van der Waals surface area contributed by atoms with Gasteiger partial charge in [-0.25, -0.2) is 0 Å². The quantitative estimate of drug-likeness (QED) is 0.0596. The Morgan fingerprint density at radius 2 is 1.38 bits per heavy atom. The summed E-state index contributed by atoms with van der Waals surface area (Å²) in [5.41, 5.74) is 0.142. The maximum absolute atomic E-state index is 13.9. The molecule has 0 radical (unpaired) electrons. The number of hydrogen-bond acceptors (Lipinski definition) is 12. The van der Waals surface area contributed by atoms with Gasteiger partial charge >= 0.3 is 0 Å². The fourth-order valence-electron chi connectivity index (χ4n) is 7.25. The lowest BCUT2D eigenvalue weighted by Gasteiger charge is -2.32. The normalized spacial score (nSPS) is 20.7. The third-order valence-electron chi connectivity index (χ3n) is 11.1. The van der Waals surface area contributed by atoms with E-state index in [-0.39, 0.29) is 24.2 Å². The second-order valence-corrected chi connectivity index (χ2v) is 16.4. The van der Waals surface area contributed by atoms with E-state index >= 15 is 0 Å². The van der Waals surface area contributed by atoms with Gasteiger partial charge in [-0.05, 0) is 63.1 Å². The van der Waals surface area contributed by atoms with Crippen molar-refractivity contribution < 1.29 is 59.7 Å². The third-order valence-corrected chi connectivity index (χ3v) is 11.1. The summed E-state index contributed by atoms with van der Waals surface area (Å²) in [6.45, 7) is 10.0. The summed E-state index contributed by atoms with van der Waals surface area (Å²) in [5, 5.41) is 80.0. The first kappa shape index (κ1) is 50.5. The van der Waals surface area contributed by atoms with Gasteiger partial charge in [0, 0.05) is 25.8 Å². The van der Waals surface area contributed by atoms with Gasteiger partial charge in [-0.3, -0.25) is 24.0 Å². The molecule has 4 amide bonds. The molecule has 12 atom stereocenters. The second-order valence-electron chi connectivity index (χ2n) is 16.4. The standard InChI is InChI=1S/C42H70N4O12/c1-7-24(2)20-25(3)14-12-10-8-9-11-13-15-35(53)43-32(22-34(52)26(4)47)40(56)45-37(28(6)49)42(58)46-23-31(51)21-33(46)41(57)44-36(27(5)48)39(55)38(54)29-16-18-30(50)19-17-29/h16-19,24-26,28,31-34,36-39,47,49-52,54-55H,7-15,20-23H2,1-6H3,(H,43,53)(H,44,57)(H,45,56)/t24?,25?,26-,28+,31+,32-,33-,34+,36+,37-,38-,39-/m0/s1. The lowest BCUT2D eigenvalue weighted by molar-refractivity contribution is -0.145. The smallest absolute Gasteiger partial charge is 0.248 e. The van der Waals surface area contributed by atoms with Crippen molar-refractivity contribution in [2.24, 2.45) is 11.8 Å². The van der Waals surface area contributed by atoms with Crippen LogP contribution in [-0.4, -0.2) is 131 Å². The van der Waals surface area contributed by atoms with E-state index in [2.05, 4.69) is 36.7 Å². The summed E-state index contributed by atoms with van der Waals surface area (Å²) in [6.07, 6.45) is -0.265. The zero-order chi connectivity index (χ0) is 43.7. The van der Waals surface area contributed by atoms with Crippen LogP contribution in [0.4, 0.5) is 0 Å². The van der Waals surface area contributed by atoms with E-state index in [1.807, 2.05) is 0 Å². The maximum atomic E-state index is 13.9. The maximum Gasteiger partial charge on any atom is 0.248 e. The van der Waals surface area contributed by atoms with Crippen molar-refractivity contribution in [3.05, 3.63) is 29.8 Å². The topological polar surface area (TPSA) is 266 Å². The van der Waals surface area contributed by atoms with Gasteiger partial charge in [0.1, 0.15) is 42.1 Å². The molecular weight excluding hydrogens is 752 g/mol. The van der Waals surface area contributed by atoms with Crippen molar-refractivity contribution in [1.82, 2.24) is 20.9 Å². The molecule has 1 aliphatic heterocycles. The van der Waals surface area contributed by atoms with Crippen LogP contribution in [0.15, 0.2) is 24.3 Å². The molecule has 1 aromatic rings. The number of aliphatic hydroxyl groups excluding tert-OH is 6. The van der Waals surface area contributed by atoms with Crippen LogP contribution in [-0.2, 0) is 24.0 Å². The van der Waals surface area contributed by atoms with Crippen LogP contribution in [0.3, 0.4) is 0 Å². The Hall–Kier alpha value is -3.67. The minimum absolute atomic E-state index is 0.101. The number of carbonyl (C=O) groups is 5. The number of hydrogen-bond donors (Lipinski definition) is 10. The summed E-state index contributed by atoms with van der Waals surface area (Å²) in [6, 6.07) is -1.02. The largest absolute Gasteiger partial charge is 0.508 e. The van der Waals surface area contributed by atoms with Crippen molar-refractivity contribution >= 4 is 29.4 Å². The number of β-amino-alcohol motifs (C(OH)–C–C–N with tert-alkyl or cyclic N) is 1. The molecular formula is C42H70N4O12. The number of aliphatic hydroxyl groups is 6. The van der Waals surface area contributed by atoms with E-state index < -0.39 is 103 Å². The Bertz CT molecular complexity index is 1440. The molecule has 16 heteroatoms. The molecule has 1 aromatic carbocycles. The molecule has 1 saturated heterocycles. The highest BCUT2D eigenvalue weighted by molar-refractivity contribution is 5.96. The van der Waals surface area contributed by atoms with Crippen molar-refractivity contribution in [2.75, 3.05) is 6.54 Å². The molecule has 16 nitrogen and oxygen atoms in total. The van der Waals surface area contributed by atoms with Gasteiger partial charge < -0.3 is 56.6 Å². The number of ketones is 1. The number of phenols is 1. The van der Waals surface area contributed by atoms with Crippen LogP contribution >= 0.6 is 0 Å². The molecule has 330 valence electrons. The van der Waals surface area contributed by atoms with Crippen LogP contribution in [0, 0.1) is 11.8 Å². The molecule has 0 saturated carbocycles. The zero-order valence-corrected chi connectivity index (χ0v) is 35.0. The Labute approximate surface area is 342 Å². The molecule has 10 N–H and O–H groups in total. The van der Waals surface area contributed by atoms with Gasteiger partial charge in [0.15, 0.2) is 5.78 Å². The fraction of sp³-hybridized carbons (Fsp3) is 0.738. The molecule has 0 bridgehead atoms. The number of carbonyl (C=O) groups excluding carboxylic acids is 5. The molecule has 2 rings (SSSR count). The minimum Gasteiger partial charge on any atom is -0.508 e. The number of nitrogens with zero attached hydrogens (tertiary/aromatic N) is 1. The first-order valence-corrected chi connectivity index (χ1v) is 20.8. The Kier molecular flexibility index (Phi) is 21.8. The van der Waals surface area contributed by atoms with Gasteiger partial charge in [-0.2, -0.15) is 0 Å². The number of likely N-dealkylation sites (tertiary alicyclic amines) is 1. The molecule has 1 fully saturated rings. The van der Waals surface area contributed by atoms with Crippen molar-refractivity contribution in [1.29, 1.82) is 0 Å². The molecule has 1 heterocycles. The van der Waals surface area contributed by atoms with Crippen LogP contribution in [0.1, 0.15) is 130 Å². The van der Waals surface area contributed by atoms with Gasteiger partial charge in [-0.1, -0.05) is 77.8 Å². The molecule has 2 unspecified atom stereocenters. The van der Waals surface area contributed by atoms with Gasteiger partial charge in [0.25, 0.3) is 0 Å². The van der Waals surface area contributed by atoms with E-state index in [1.54, 1.807) is 0 Å². The second kappa shape index (κ2) is 25.1. The highest BCUT2D eigenvalue weighted by Crippen LogP contribution is 2.25. The average molecular weight is 823 g/mol. The summed E-state index contributed by atoms with van der Waals surface area (Å²) in [7, 11) is 0. The molecule has 1 aliphatic rings. The van der Waals surface area contributed by atoms with Gasteiger partial charge in [-0.15, -0.1) is 0 Å². The van der Waals surface area contributed by atoms with Gasteiger partial charge in [0.05, 0.1) is 24.4 Å². The number of aromatic hydroxyl groups is 1. The molecule has 0 aromatic heterocycles. The number of phenolic OH excluding ortho intramolecular Hbond substituents is 1. The lowest BCUT2D eigenvalue weighted by Crippen LogP contribution is -2.61.